The number of hydrogen-bond acceptors (Lipinski definition) is 5. The fraction of sp³-hybridized carbons (Fsp3) is 0.979. The van der Waals surface area contributed by atoms with E-state index in [1.54, 1.807) is 0 Å². The van der Waals surface area contributed by atoms with Crippen molar-refractivity contribution < 1.29 is 9.63 Å². The summed E-state index contributed by atoms with van der Waals surface area (Å²) in [5, 5.41) is 2.03. The van der Waals surface area contributed by atoms with Gasteiger partial charge in [-0.25, -0.2) is 0 Å². The van der Waals surface area contributed by atoms with E-state index in [0.717, 1.165) is 51.9 Å². The van der Waals surface area contributed by atoms with Crippen LogP contribution in [0.15, 0.2) is 0 Å². The summed E-state index contributed by atoms with van der Waals surface area (Å²) in [6.07, 6.45) is 49.9. The zero-order chi connectivity index (χ0) is 38.6. The van der Waals surface area contributed by atoms with E-state index >= 15 is 0 Å². The highest BCUT2D eigenvalue weighted by molar-refractivity contribution is 5.68. The number of nitrogens with zero attached hydrogens (tertiary/aromatic N) is 2. The largest absolute Gasteiger partial charge is 0.368 e. The van der Waals surface area contributed by atoms with Gasteiger partial charge in [-0.15, -0.1) is 5.06 Å². The summed E-state index contributed by atoms with van der Waals surface area (Å²) >= 11 is 0. The maximum atomic E-state index is 12.8. The van der Waals surface area contributed by atoms with Gasteiger partial charge in [0.25, 0.3) is 0 Å². The van der Waals surface area contributed by atoms with Gasteiger partial charge in [0.05, 0.1) is 0 Å². The summed E-state index contributed by atoms with van der Waals surface area (Å²) in [5.74, 6) is -0.00781. The van der Waals surface area contributed by atoms with Gasteiger partial charge in [0.1, 0.15) is 0 Å². The molecule has 0 aliphatic rings. The molecule has 53 heavy (non-hydrogen) atoms. The number of carbonyl (C=O) groups is 1. The van der Waals surface area contributed by atoms with Crippen LogP contribution >= 0.6 is 0 Å². The Morgan fingerprint density at radius 1 is 0.358 bits per heavy atom. The average Bonchev–Trinajstić information content (AvgIpc) is 3.16. The van der Waals surface area contributed by atoms with Crippen LogP contribution in [-0.4, -0.2) is 55.2 Å². The second-order valence-electron chi connectivity index (χ2n) is 16.8. The van der Waals surface area contributed by atoms with E-state index in [0.29, 0.717) is 6.42 Å². The lowest BCUT2D eigenvalue weighted by Gasteiger charge is -2.21. The molecule has 0 spiro atoms. The van der Waals surface area contributed by atoms with Crippen molar-refractivity contribution in [3.63, 3.8) is 0 Å². The monoisotopic (exact) mass is 750 g/mol. The molecule has 0 aromatic heterocycles. The predicted molar refractivity (Wildman–Crippen MR) is 236 cm³/mol. The zero-order valence-corrected chi connectivity index (χ0v) is 36.9. The molecular formula is C48H99N3O2. The molecule has 0 aromatic rings. The lowest BCUT2D eigenvalue weighted by Crippen LogP contribution is -2.31. The van der Waals surface area contributed by atoms with Crippen molar-refractivity contribution in [1.29, 1.82) is 0 Å². The molecule has 2 N–H and O–H groups in total. The van der Waals surface area contributed by atoms with Crippen LogP contribution < -0.4 is 5.73 Å². The van der Waals surface area contributed by atoms with Crippen LogP contribution in [0.5, 0.6) is 0 Å². The summed E-state index contributed by atoms with van der Waals surface area (Å²) in [6, 6.07) is 0. The molecule has 0 atom stereocenters. The molecule has 5 heteroatoms. The molecule has 0 aromatic carbocycles. The van der Waals surface area contributed by atoms with Crippen LogP contribution in [0.2, 0.25) is 0 Å². The fourth-order valence-electron chi connectivity index (χ4n) is 7.77. The molecule has 0 unspecified atom stereocenters. The Hall–Kier alpha value is -0.650. The Morgan fingerprint density at radius 2 is 0.623 bits per heavy atom. The number of hydroxylamine groups is 2. The molecule has 0 aliphatic carbocycles. The Balaban J connectivity index is 4.09. The number of unbranched alkanes of at least 4 members (excludes halogenated alkanes) is 33. The van der Waals surface area contributed by atoms with Crippen LogP contribution in [-0.2, 0) is 9.63 Å². The van der Waals surface area contributed by atoms with Gasteiger partial charge in [0.15, 0.2) is 0 Å². The first-order valence-electron chi connectivity index (χ1n) is 24.6. The van der Waals surface area contributed by atoms with Crippen molar-refractivity contribution in [2.45, 2.75) is 265 Å². The molecular weight excluding hydrogens is 651 g/mol. The molecule has 0 heterocycles. The molecule has 0 bridgehead atoms. The minimum atomic E-state index is -0.00781. The summed E-state index contributed by atoms with van der Waals surface area (Å²) in [6.45, 7) is 12.9. The van der Waals surface area contributed by atoms with E-state index in [1.165, 1.54) is 225 Å². The second-order valence-corrected chi connectivity index (χ2v) is 16.8. The summed E-state index contributed by atoms with van der Waals surface area (Å²) in [7, 11) is 0. The summed E-state index contributed by atoms with van der Waals surface area (Å²) in [4.78, 5) is 21.4. The Bertz CT molecular complexity index is 666. The quantitative estimate of drug-likeness (QED) is 0.0496. The third-order valence-electron chi connectivity index (χ3n) is 11.4. The van der Waals surface area contributed by atoms with E-state index < -0.39 is 0 Å². The van der Waals surface area contributed by atoms with Gasteiger partial charge >= 0.3 is 5.97 Å². The highest BCUT2D eigenvalue weighted by Crippen LogP contribution is 2.15. The number of rotatable bonds is 46. The van der Waals surface area contributed by atoms with Crippen molar-refractivity contribution in [1.82, 2.24) is 9.96 Å². The van der Waals surface area contributed by atoms with Gasteiger partial charge in [-0.1, -0.05) is 226 Å². The third-order valence-corrected chi connectivity index (χ3v) is 11.4. The van der Waals surface area contributed by atoms with Gasteiger partial charge in [-0.3, -0.25) is 4.79 Å². The van der Waals surface area contributed by atoms with Crippen molar-refractivity contribution in [2.75, 3.05) is 39.3 Å². The first kappa shape index (κ1) is 52.3. The van der Waals surface area contributed by atoms with Gasteiger partial charge < -0.3 is 15.5 Å². The SMILES string of the molecule is CCCCCCCCCCCCN(CCN)CCCCCCCCCC(=O)ON(CCCCCCCCCCCC)CCCCCCCCCCCC. The van der Waals surface area contributed by atoms with Crippen LogP contribution in [0.25, 0.3) is 0 Å². The number of hydrogen-bond donors (Lipinski definition) is 1. The standard InChI is InChI=1S/C48H99N3O2/c1-4-7-10-13-16-19-22-27-32-37-43-50(47-42-49)44-38-33-28-25-26-31-36-41-48(52)53-51(45-39-34-29-23-20-17-14-11-8-5-2)46-40-35-30-24-21-18-15-12-9-6-3/h4-47,49H2,1-3H3. The van der Waals surface area contributed by atoms with Crippen molar-refractivity contribution >= 4 is 5.97 Å². The van der Waals surface area contributed by atoms with Crippen molar-refractivity contribution in [2.24, 2.45) is 5.73 Å². The summed E-state index contributed by atoms with van der Waals surface area (Å²) < 4.78 is 0. The maximum absolute atomic E-state index is 12.8. The number of carbonyl (C=O) groups excluding carboxylic acids is 1. The van der Waals surface area contributed by atoms with Gasteiger partial charge in [-0.05, 0) is 45.2 Å². The van der Waals surface area contributed by atoms with Crippen LogP contribution in [0.1, 0.15) is 265 Å². The third kappa shape index (κ3) is 42.3. The molecule has 318 valence electrons. The lowest BCUT2D eigenvalue weighted by atomic mass is 10.1. The molecule has 0 radical (unpaired) electrons. The normalized spacial score (nSPS) is 11.7. The van der Waals surface area contributed by atoms with E-state index in [9.17, 15) is 4.79 Å². The van der Waals surface area contributed by atoms with E-state index in [4.69, 9.17) is 10.6 Å². The smallest absolute Gasteiger partial charge is 0.325 e. The molecule has 0 rings (SSSR count). The Morgan fingerprint density at radius 3 is 0.925 bits per heavy atom. The van der Waals surface area contributed by atoms with Gasteiger partial charge in [0, 0.05) is 32.6 Å². The maximum Gasteiger partial charge on any atom is 0.325 e. The molecule has 0 aliphatic heterocycles. The van der Waals surface area contributed by atoms with Crippen LogP contribution in [0.3, 0.4) is 0 Å². The highest BCUT2D eigenvalue weighted by atomic mass is 16.7. The van der Waals surface area contributed by atoms with Crippen molar-refractivity contribution in [3.05, 3.63) is 0 Å². The first-order chi connectivity index (χ1) is 26.2. The topological polar surface area (TPSA) is 58.8 Å². The molecule has 0 saturated heterocycles. The van der Waals surface area contributed by atoms with Gasteiger partial charge in [-0.2, -0.15) is 0 Å². The van der Waals surface area contributed by atoms with Crippen LogP contribution in [0.4, 0.5) is 0 Å². The zero-order valence-electron chi connectivity index (χ0n) is 36.9. The lowest BCUT2D eigenvalue weighted by molar-refractivity contribution is -0.191. The molecule has 0 saturated carbocycles. The van der Waals surface area contributed by atoms with E-state index in [-0.39, 0.29) is 5.97 Å². The highest BCUT2D eigenvalue weighted by Gasteiger charge is 2.12. The second kappa shape index (κ2) is 45.7. The molecule has 5 nitrogen and oxygen atoms in total. The first-order valence-corrected chi connectivity index (χ1v) is 24.6. The minimum Gasteiger partial charge on any atom is -0.368 e. The summed E-state index contributed by atoms with van der Waals surface area (Å²) in [5.41, 5.74) is 5.93. The minimum absolute atomic E-state index is 0.00781. The Kier molecular flexibility index (Phi) is 45.2. The number of nitrogens with two attached hydrogens (primary N) is 1. The predicted octanol–water partition coefficient (Wildman–Crippen LogP) is 14.9. The van der Waals surface area contributed by atoms with E-state index in [1.807, 2.05) is 5.06 Å². The Labute approximate surface area is 334 Å². The van der Waals surface area contributed by atoms with Crippen LogP contribution in [0, 0.1) is 0 Å². The van der Waals surface area contributed by atoms with E-state index in [2.05, 4.69) is 25.7 Å². The average molecular weight is 750 g/mol. The van der Waals surface area contributed by atoms with Crippen molar-refractivity contribution in [3.8, 4) is 0 Å². The fourth-order valence-corrected chi connectivity index (χ4v) is 7.77. The molecule has 0 amide bonds. The molecule has 0 fully saturated rings. The van der Waals surface area contributed by atoms with Gasteiger partial charge in [0.2, 0.25) is 0 Å².